The van der Waals surface area contributed by atoms with Gasteiger partial charge in [0, 0.05) is 43.8 Å². The van der Waals surface area contributed by atoms with E-state index in [1.54, 1.807) is 23.9 Å². The Bertz CT molecular complexity index is 1030. The van der Waals surface area contributed by atoms with Gasteiger partial charge in [-0.25, -0.2) is 9.78 Å². The summed E-state index contributed by atoms with van der Waals surface area (Å²) in [6.45, 7) is 1.91. The van der Waals surface area contributed by atoms with Crippen molar-refractivity contribution in [1.29, 1.82) is 0 Å². The highest BCUT2D eigenvalue weighted by Crippen LogP contribution is 2.33. The summed E-state index contributed by atoms with van der Waals surface area (Å²) in [6, 6.07) is 11.6. The summed E-state index contributed by atoms with van der Waals surface area (Å²) in [5.41, 5.74) is 0.986. The number of carboxylic acids is 1. The van der Waals surface area contributed by atoms with Gasteiger partial charge in [-0.3, -0.25) is 0 Å². The van der Waals surface area contributed by atoms with Crippen LogP contribution in [0.15, 0.2) is 42.6 Å². The van der Waals surface area contributed by atoms with E-state index in [0.29, 0.717) is 17.5 Å². The van der Waals surface area contributed by atoms with Crippen LogP contribution in [0.2, 0.25) is 0 Å². The average Bonchev–Trinajstić information content (AvgIpc) is 3.28. The average molecular weight is 380 g/mol. The number of rotatable bonds is 5. The van der Waals surface area contributed by atoms with Gasteiger partial charge < -0.3 is 24.2 Å². The lowest BCUT2D eigenvalue weighted by Gasteiger charge is -2.21. The Balaban J connectivity index is 1.63. The molecule has 0 spiro atoms. The minimum atomic E-state index is -0.958. The number of ether oxygens (including phenoxy) is 1. The van der Waals surface area contributed by atoms with Crippen molar-refractivity contribution < 1.29 is 14.6 Å². The van der Waals surface area contributed by atoms with Crippen LogP contribution in [0.1, 0.15) is 16.9 Å². The van der Waals surface area contributed by atoms with Crippen molar-refractivity contribution in [2.75, 3.05) is 32.1 Å². The molecule has 7 heteroatoms. The summed E-state index contributed by atoms with van der Waals surface area (Å²) in [5, 5.41) is 10.2. The van der Waals surface area contributed by atoms with Crippen molar-refractivity contribution in [2.45, 2.75) is 12.5 Å². The molecule has 3 heterocycles. The molecule has 2 aromatic heterocycles. The Morgan fingerprint density at radius 1 is 1.29 bits per heavy atom. The van der Waals surface area contributed by atoms with Crippen LogP contribution in [0.3, 0.4) is 0 Å². The third-order valence-corrected chi connectivity index (χ3v) is 5.40. The molecular formula is C21H24N4O3. The van der Waals surface area contributed by atoms with Crippen molar-refractivity contribution in [3.05, 3.63) is 48.3 Å². The summed E-state index contributed by atoms with van der Waals surface area (Å²) in [6.07, 6.45) is 2.86. The molecule has 0 unspecified atom stereocenters. The molecule has 1 aliphatic heterocycles. The molecule has 28 heavy (non-hydrogen) atoms. The van der Waals surface area contributed by atoms with E-state index in [1.807, 2.05) is 30.3 Å². The zero-order valence-corrected chi connectivity index (χ0v) is 16.3. The monoisotopic (exact) mass is 380 g/mol. The van der Waals surface area contributed by atoms with E-state index in [4.69, 9.17) is 4.74 Å². The molecule has 146 valence electrons. The Morgan fingerprint density at radius 3 is 2.82 bits per heavy atom. The van der Waals surface area contributed by atoms with Gasteiger partial charge in [-0.15, -0.1) is 0 Å². The van der Waals surface area contributed by atoms with E-state index >= 15 is 0 Å². The minimum Gasteiger partial charge on any atom is -0.477 e. The SMILES string of the molecule is CN(C)[C@H]1CCN(c2cc(Oc3cccc4cc(C(=O)O)n(C)c34)ccn2)C1. The highest BCUT2D eigenvalue weighted by Gasteiger charge is 2.25. The lowest BCUT2D eigenvalue weighted by atomic mass is 10.2. The van der Waals surface area contributed by atoms with E-state index in [9.17, 15) is 9.90 Å². The molecule has 1 fully saturated rings. The van der Waals surface area contributed by atoms with E-state index in [-0.39, 0.29) is 5.69 Å². The smallest absolute Gasteiger partial charge is 0.352 e. The summed E-state index contributed by atoms with van der Waals surface area (Å²) in [5.74, 6) is 1.24. The van der Waals surface area contributed by atoms with Crippen LogP contribution >= 0.6 is 0 Å². The maximum atomic E-state index is 11.4. The second-order valence-corrected chi connectivity index (χ2v) is 7.39. The van der Waals surface area contributed by atoms with E-state index in [0.717, 1.165) is 36.2 Å². The maximum Gasteiger partial charge on any atom is 0.352 e. The quantitative estimate of drug-likeness (QED) is 0.733. The summed E-state index contributed by atoms with van der Waals surface area (Å²) in [7, 11) is 5.95. The summed E-state index contributed by atoms with van der Waals surface area (Å²) < 4.78 is 7.80. The lowest BCUT2D eigenvalue weighted by molar-refractivity contribution is 0.0687. The number of aromatic nitrogens is 2. The van der Waals surface area contributed by atoms with Gasteiger partial charge in [0.2, 0.25) is 0 Å². The largest absolute Gasteiger partial charge is 0.477 e. The van der Waals surface area contributed by atoms with Crippen LogP contribution in [0.4, 0.5) is 5.82 Å². The van der Waals surface area contributed by atoms with Crippen molar-refractivity contribution in [1.82, 2.24) is 14.5 Å². The number of carbonyl (C=O) groups is 1. The number of fused-ring (bicyclic) bond motifs is 1. The number of benzene rings is 1. The molecular weight excluding hydrogens is 356 g/mol. The molecule has 3 aromatic rings. The van der Waals surface area contributed by atoms with Gasteiger partial charge in [0.25, 0.3) is 0 Å². The molecule has 7 nitrogen and oxygen atoms in total. The van der Waals surface area contributed by atoms with Crippen LogP contribution < -0.4 is 9.64 Å². The van der Waals surface area contributed by atoms with E-state index < -0.39 is 5.97 Å². The van der Waals surface area contributed by atoms with Crippen molar-refractivity contribution in [3.8, 4) is 11.5 Å². The maximum absolute atomic E-state index is 11.4. The molecule has 0 bridgehead atoms. The Kier molecular flexibility index (Phi) is 4.68. The number of pyridine rings is 1. The summed E-state index contributed by atoms with van der Waals surface area (Å²) in [4.78, 5) is 20.5. The van der Waals surface area contributed by atoms with Gasteiger partial charge in [-0.05, 0) is 38.7 Å². The first-order valence-electron chi connectivity index (χ1n) is 9.31. The van der Waals surface area contributed by atoms with Gasteiger partial charge in [-0.2, -0.15) is 0 Å². The normalized spacial score (nSPS) is 16.9. The summed E-state index contributed by atoms with van der Waals surface area (Å²) >= 11 is 0. The highest BCUT2D eigenvalue weighted by molar-refractivity contribution is 5.96. The van der Waals surface area contributed by atoms with Gasteiger partial charge in [0.05, 0.1) is 5.52 Å². The molecule has 1 N–H and O–H groups in total. The number of hydrogen-bond acceptors (Lipinski definition) is 5. The first kappa shape index (κ1) is 18.3. The third kappa shape index (κ3) is 3.29. The van der Waals surface area contributed by atoms with Crippen LogP contribution in [-0.4, -0.2) is 58.8 Å². The fraction of sp³-hybridized carbons (Fsp3) is 0.333. The number of para-hydroxylation sites is 1. The predicted molar refractivity (Wildman–Crippen MR) is 108 cm³/mol. The predicted octanol–water partition coefficient (Wildman–Crippen LogP) is 3.20. The van der Waals surface area contributed by atoms with Crippen molar-refractivity contribution in [2.24, 2.45) is 7.05 Å². The number of aromatic carboxylic acids is 1. The number of likely N-dealkylation sites (N-methyl/N-ethyl adjacent to an activating group) is 1. The Morgan fingerprint density at radius 2 is 2.11 bits per heavy atom. The number of nitrogens with zero attached hydrogens (tertiary/aromatic N) is 4. The standard InChI is InChI=1S/C21H24N4O3/c1-23(2)15-8-10-25(13-15)19-12-16(7-9-22-19)28-18-6-4-5-14-11-17(21(26)27)24(3)20(14)18/h4-7,9,11-12,15H,8,10,13H2,1-3H3,(H,26,27)/t15-/m0/s1. The van der Waals surface area contributed by atoms with Crippen LogP contribution in [0.5, 0.6) is 11.5 Å². The first-order valence-corrected chi connectivity index (χ1v) is 9.31. The zero-order chi connectivity index (χ0) is 19.8. The molecule has 1 atom stereocenters. The third-order valence-electron chi connectivity index (χ3n) is 5.40. The molecule has 1 aliphatic rings. The second-order valence-electron chi connectivity index (χ2n) is 7.39. The molecule has 1 aromatic carbocycles. The number of hydrogen-bond donors (Lipinski definition) is 1. The molecule has 4 rings (SSSR count). The fourth-order valence-electron chi connectivity index (χ4n) is 3.80. The van der Waals surface area contributed by atoms with Crippen molar-refractivity contribution >= 4 is 22.7 Å². The molecule has 1 saturated heterocycles. The molecule has 0 amide bonds. The number of aryl methyl sites for hydroxylation is 1. The number of anilines is 1. The van der Waals surface area contributed by atoms with Crippen LogP contribution in [-0.2, 0) is 7.05 Å². The Hall–Kier alpha value is -3.06. The van der Waals surface area contributed by atoms with Crippen LogP contribution in [0.25, 0.3) is 10.9 Å². The van der Waals surface area contributed by atoms with Crippen molar-refractivity contribution in [3.63, 3.8) is 0 Å². The van der Waals surface area contributed by atoms with Gasteiger partial charge in [0.1, 0.15) is 17.3 Å². The zero-order valence-electron chi connectivity index (χ0n) is 16.3. The second kappa shape index (κ2) is 7.16. The van der Waals surface area contributed by atoms with Crippen LogP contribution in [0, 0.1) is 0 Å². The Labute approximate surface area is 163 Å². The van der Waals surface area contributed by atoms with Gasteiger partial charge in [-0.1, -0.05) is 12.1 Å². The number of carboxylic acid groups (broad SMARTS) is 1. The van der Waals surface area contributed by atoms with E-state index in [1.165, 1.54) is 0 Å². The molecule has 0 aliphatic carbocycles. The van der Waals surface area contributed by atoms with Gasteiger partial charge in [0.15, 0.2) is 5.75 Å². The molecule has 0 radical (unpaired) electrons. The molecule has 0 saturated carbocycles. The van der Waals surface area contributed by atoms with Gasteiger partial charge >= 0.3 is 5.97 Å². The highest BCUT2D eigenvalue weighted by atomic mass is 16.5. The fourth-order valence-corrected chi connectivity index (χ4v) is 3.80. The van der Waals surface area contributed by atoms with E-state index in [2.05, 4.69) is 28.9 Å². The minimum absolute atomic E-state index is 0.230. The first-order chi connectivity index (χ1) is 13.4. The topological polar surface area (TPSA) is 70.8 Å². The lowest BCUT2D eigenvalue weighted by Crippen LogP contribution is -2.31.